The number of ether oxygens (including phenoxy) is 1. The van der Waals surface area contributed by atoms with Crippen LogP contribution in [-0.4, -0.2) is 45.7 Å². The topological polar surface area (TPSA) is 74.8 Å². The number of carbonyl (C=O) groups is 1. The lowest BCUT2D eigenvalue weighted by Crippen LogP contribution is -2.48. The number of benzene rings is 1. The zero-order valence-electron chi connectivity index (χ0n) is 15.3. The second-order valence-corrected chi connectivity index (χ2v) is 6.43. The highest BCUT2D eigenvalue weighted by Crippen LogP contribution is 2.43. The molecule has 26 heavy (non-hydrogen) atoms. The van der Waals surface area contributed by atoms with Crippen LogP contribution in [0.2, 0.25) is 0 Å². The van der Waals surface area contributed by atoms with E-state index in [-0.39, 0.29) is 47.7 Å². The first-order chi connectivity index (χ1) is 12.1. The molecule has 6 nitrogen and oxygen atoms in total. The molecule has 146 valence electrons. The summed E-state index contributed by atoms with van der Waals surface area (Å²) >= 11 is 0. The summed E-state index contributed by atoms with van der Waals surface area (Å²) < 4.78 is 18.3. The predicted octanol–water partition coefficient (Wildman–Crippen LogP) is 2.75. The molecule has 2 rings (SSSR count). The molecule has 1 fully saturated rings. The first-order valence-electron chi connectivity index (χ1n) is 8.56. The van der Waals surface area contributed by atoms with Gasteiger partial charge in [0.2, 0.25) is 5.91 Å². The Morgan fingerprint density at radius 2 is 2.12 bits per heavy atom. The Kier molecular flexibility index (Phi) is 9.85. The molecule has 8 heteroatoms. The Morgan fingerprint density at radius 3 is 2.69 bits per heavy atom. The number of halogens is 2. The number of nitrogens with one attached hydrogen (secondary N) is 3. The number of guanidine groups is 1. The van der Waals surface area contributed by atoms with Crippen molar-refractivity contribution in [2.45, 2.75) is 25.7 Å². The van der Waals surface area contributed by atoms with E-state index >= 15 is 0 Å². The van der Waals surface area contributed by atoms with Crippen molar-refractivity contribution in [3.8, 4) is 0 Å². The number of hydrogen-bond donors (Lipinski definition) is 3. The lowest BCUT2D eigenvalue weighted by molar-refractivity contribution is -0.115. The molecule has 0 radical (unpaired) electrons. The van der Waals surface area contributed by atoms with Crippen molar-refractivity contribution in [3.05, 3.63) is 30.1 Å². The van der Waals surface area contributed by atoms with E-state index in [1.165, 1.54) is 31.4 Å². The summed E-state index contributed by atoms with van der Waals surface area (Å²) in [6.07, 6.45) is 4.63. The van der Waals surface area contributed by atoms with E-state index < -0.39 is 0 Å². The molecule has 0 aliphatic heterocycles. The van der Waals surface area contributed by atoms with Crippen LogP contribution in [0.1, 0.15) is 25.7 Å². The van der Waals surface area contributed by atoms with E-state index in [1.54, 1.807) is 26.3 Å². The molecule has 0 unspecified atom stereocenters. The molecule has 0 atom stereocenters. The fraction of sp³-hybridized carbons (Fsp3) is 0.556. The summed E-state index contributed by atoms with van der Waals surface area (Å²) in [4.78, 5) is 16.1. The lowest BCUT2D eigenvalue weighted by atomic mass is 9.67. The summed E-state index contributed by atoms with van der Waals surface area (Å²) in [5.74, 6) is -0.0607. The van der Waals surface area contributed by atoms with Crippen LogP contribution in [0.25, 0.3) is 0 Å². The summed E-state index contributed by atoms with van der Waals surface area (Å²) in [7, 11) is 3.39. The van der Waals surface area contributed by atoms with Gasteiger partial charge in [0.1, 0.15) is 5.82 Å². The first-order valence-corrected chi connectivity index (χ1v) is 8.56. The summed E-state index contributed by atoms with van der Waals surface area (Å²) in [5.41, 5.74) is 0.694. The minimum absolute atomic E-state index is 0. The summed E-state index contributed by atoms with van der Waals surface area (Å²) in [6, 6.07) is 5.81. The number of amides is 1. The molecule has 1 aromatic carbocycles. The molecular weight excluding hydrogens is 450 g/mol. The molecule has 0 bridgehead atoms. The van der Waals surface area contributed by atoms with Crippen molar-refractivity contribution in [1.29, 1.82) is 0 Å². The third-order valence-corrected chi connectivity index (χ3v) is 4.63. The number of anilines is 1. The standard InChI is InChI=1S/C18H27FN4O2.HI/c1-20-17(22-13-18(7-4-8-18)9-10-25-2)21-12-16(24)23-15-6-3-5-14(19)11-15;/h3,5-6,11H,4,7-10,12-13H2,1-2H3,(H,23,24)(H2,20,21,22);1H. The molecule has 1 amide bonds. The van der Waals surface area contributed by atoms with E-state index in [9.17, 15) is 9.18 Å². The maximum atomic E-state index is 13.1. The SMILES string of the molecule is CN=C(NCC(=O)Nc1cccc(F)c1)NCC1(CCOC)CCC1.I. The highest BCUT2D eigenvalue weighted by atomic mass is 127. The Labute approximate surface area is 171 Å². The highest BCUT2D eigenvalue weighted by molar-refractivity contribution is 14.0. The van der Waals surface area contributed by atoms with E-state index in [2.05, 4.69) is 20.9 Å². The van der Waals surface area contributed by atoms with Gasteiger partial charge in [0.05, 0.1) is 6.54 Å². The van der Waals surface area contributed by atoms with Crippen molar-refractivity contribution in [2.75, 3.05) is 39.2 Å². The van der Waals surface area contributed by atoms with Gasteiger partial charge in [-0.05, 0) is 42.9 Å². The van der Waals surface area contributed by atoms with Gasteiger partial charge in [0.25, 0.3) is 0 Å². The molecule has 1 aromatic rings. The Morgan fingerprint density at radius 1 is 1.35 bits per heavy atom. The number of rotatable bonds is 8. The third kappa shape index (κ3) is 7.06. The van der Waals surface area contributed by atoms with E-state index in [0.29, 0.717) is 11.6 Å². The van der Waals surface area contributed by atoms with Gasteiger partial charge in [0, 0.05) is 33.0 Å². The van der Waals surface area contributed by atoms with Crippen LogP contribution in [0.15, 0.2) is 29.3 Å². The quantitative estimate of drug-likeness (QED) is 0.305. The van der Waals surface area contributed by atoms with Gasteiger partial charge in [-0.25, -0.2) is 4.39 Å². The van der Waals surface area contributed by atoms with Crippen LogP contribution < -0.4 is 16.0 Å². The second kappa shape index (κ2) is 11.3. The van der Waals surface area contributed by atoms with Crippen LogP contribution in [0, 0.1) is 11.2 Å². The minimum Gasteiger partial charge on any atom is -0.385 e. The molecule has 0 heterocycles. The Balaban J connectivity index is 0.00000338. The highest BCUT2D eigenvalue weighted by Gasteiger charge is 2.36. The molecule has 0 spiro atoms. The van der Waals surface area contributed by atoms with Gasteiger partial charge in [-0.15, -0.1) is 24.0 Å². The third-order valence-electron chi connectivity index (χ3n) is 4.63. The predicted molar refractivity (Wildman–Crippen MR) is 113 cm³/mol. The number of methoxy groups -OCH3 is 1. The summed E-state index contributed by atoms with van der Waals surface area (Å²) in [5, 5.41) is 8.92. The first kappa shape index (κ1) is 22.6. The molecule has 1 saturated carbocycles. The number of hydrogen-bond acceptors (Lipinski definition) is 3. The number of aliphatic imine (C=N–C) groups is 1. The molecule has 0 saturated heterocycles. The van der Waals surface area contributed by atoms with E-state index in [1.807, 2.05) is 0 Å². The number of nitrogens with zero attached hydrogens (tertiary/aromatic N) is 1. The minimum atomic E-state index is -0.384. The van der Waals surface area contributed by atoms with Crippen LogP contribution in [0.3, 0.4) is 0 Å². The molecule has 3 N–H and O–H groups in total. The Bertz CT molecular complexity index is 609. The van der Waals surface area contributed by atoms with Gasteiger partial charge >= 0.3 is 0 Å². The molecule has 0 aromatic heterocycles. The monoisotopic (exact) mass is 478 g/mol. The fourth-order valence-electron chi connectivity index (χ4n) is 2.94. The number of carbonyl (C=O) groups excluding carboxylic acids is 1. The average molecular weight is 478 g/mol. The van der Waals surface area contributed by atoms with Crippen LogP contribution in [0.4, 0.5) is 10.1 Å². The van der Waals surface area contributed by atoms with Crippen molar-refractivity contribution in [2.24, 2.45) is 10.4 Å². The van der Waals surface area contributed by atoms with Crippen molar-refractivity contribution in [3.63, 3.8) is 0 Å². The zero-order chi connectivity index (χ0) is 18.1. The largest absolute Gasteiger partial charge is 0.385 e. The van der Waals surface area contributed by atoms with E-state index in [4.69, 9.17) is 4.74 Å². The van der Waals surface area contributed by atoms with Gasteiger partial charge in [-0.3, -0.25) is 9.79 Å². The normalized spacial score (nSPS) is 15.4. The van der Waals surface area contributed by atoms with Gasteiger partial charge in [-0.1, -0.05) is 12.5 Å². The van der Waals surface area contributed by atoms with E-state index in [0.717, 1.165) is 19.6 Å². The van der Waals surface area contributed by atoms with Gasteiger partial charge in [-0.2, -0.15) is 0 Å². The maximum absolute atomic E-state index is 13.1. The maximum Gasteiger partial charge on any atom is 0.243 e. The smallest absolute Gasteiger partial charge is 0.243 e. The second-order valence-electron chi connectivity index (χ2n) is 6.43. The van der Waals surface area contributed by atoms with Crippen LogP contribution in [-0.2, 0) is 9.53 Å². The van der Waals surface area contributed by atoms with Crippen molar-refractivity contribution < 1.29 is 13.9 Å². The summed E-state index contributed by atoms with van der Waals surface area (Å²) in [6.45, 7) is 1.62. The zero-order valence-corrected chi connectivity index (χ0v) is 17.6. The van der Waals surface area contributed by atoms with Gasteiger partial charge in [0.15, 0.2) is 5.96 Å². The van der Waals surface area contributed by atoms with Crippen molar-refractivity contribution in [1.82, 2.24) is 10.6 Å². The Hall–Kier alpha value is -1.42. The lowest BCUT2D eigenvalue weighted by Gasteiger charge is -2.42. The molecule has 1 aliphatic rings. The van der Waals surface area contributed by atoms with Crippen LogP contribution >= 0.6 is 24.0 Å². The van der Waals surface area contributed by atoms with Crippen LogP contribution in [0.5, 0.6) is 0 Å². The molecule has 1 aliphatic carbocycles. The average Bonchev–Trinajstić information content (AvgIpc) is 2.56. The fourth-order valence-corrected chi connectivity index (χ4v) is 2.94. The van der Waals surface area contributed by atoms with Gasteiger partial charge < -0.3 is 20.7 Å². The van der Waals surface area contributed by atoms with Crippen molar-refractivity contribution >= 4 is 41.5 Å². The molecular formula is C18H28FIN4O2.